The van der Waals surface area contributed by atoms with Gasteiger partial charge in [-0.15, -0.1) is 0 Å². The van der Waals surface area contributed by atoms with Gasteiger partial charge in [-0.05, 0) is 76.2 Å². The summed E-state index contributed by atoms with van der Waals surface area (Å²) in [5.74, 6) is -10.5. The molecule has 16 nitrogen and oxygen atoms in total. The summed E-state index contributed by atoms with van der Waals surface area (Å²) in [5.41, 5.74) is 3.66. The zero-order valence-corrected chi connectivity index (χ0v) is 30.2. The maximum Gasteiger partial charge on any atom is 0.346 e. The summed E-state index contributed by atoms with van der Waals surface area (Å²) in [6.45, 7) is 7.18. The van der Waals surface area contributed by atoms with Crippen LogP contribution >= 0.6 is 0 Å². The molecule has 292 valence electrons. The summed E-state index contributed by atoms with van der Waals surface area (Å²) in [6, 6.07) is 24.1. The van der Waals surface area contributed by atoms with Crippen molar-refractivity contribution in [1.82, 2.24) is 0 Å². The van der Waals surface area contributed by atoms with Gasteiger partial charge in [-0.2, -0.15) is 0 Å². The number of carbonyl (C=O) groups is 8. The number of aryl methyl sites for hydroxylation is 4. The van der Waals surface area contributed by atoms with E-state index in [-0.39, 0.29) is 22.3 Å². The van der Waals surface area contributed by atoms with Gasteiger partial charge in [-0.1, -0.05) is 70.8 Å². The van der Waals surface area contributed by atoms with Crippen LogP contribution in [-0.2, 0) is 38.1 Å². The van der Waals surface area contributed by atoms with E-state index in [0.29, 0.717) is 0 Å². The van der Waals surface area contributed by atoms with Crippen molar-refractivity contribution in [2.75, 3.05) is 0 Å². The molecule has 4 N–H and O–H groups in total. The molecule has 0 saturated carbocycles. The smallest absolute Gasteiger partial charge is 0.346 e. The predicted octanol–water partition coefficient (Wildman–Crippen LogP) is 2.18. The van der Waals surface area contributed by atoms with E-state index in [2.05, 4.69) is 18.9 Å². The molecule has 56 heavy (non-hydrogen) atoms. The number of ether oxygens (including phenoxy) is 4. The first-order valence-electron chi connectivity index (χ1n) is 16.4. The predicted molar refractivity (Wildman–Crippen MR) is 190 cm³/mol. The van der Waals surface area contributed by atoms with E-state index >= 15 is 0 Å². The third-order valence-corrected chi connectivity index (χ3v) is 7.49. The van der Waals surface area contributed by atoms with Gasteiger partial charge in [0, 0.05) is 0 Å². The van der Waals surface area contributed by atoms with Crippen molar-refractivity contribution in [2.45, 2.75) is 52.1 Å². The molecule has 0 unspecified atom stereocenters. The van der Waals surface area contributed by atoms with E-state index < -0.39 is 72.2 Å². The van der Waals surface area contributed by atoms with Crippen molar-refractivity contribution in [3.05, 3.63) is 142 Å². The summed E-state index contributed by atoms with van der Waals surface area (Å²) >= 11 is 0. The molecule has 0 aliphatic rings. The number of rotatable bonds is 10. The highest BCUT2D eigenvalue weighted by molar-refractivity contribution is 6.03. The molecule has 0 fully saturated rings. The molecular weight excluding hydrogens is 736 g/mol. The Kier molecular flexibility index (Phi) is 15.7. The second kappa shape index (κ2) is 20.1. The molecule has 0 radical (unpaired) electrons. The molecule has 0 spiro atoms. The van der Waals surface area contributed by atoms with Gasteiger partial charge in [0.15, 0.2) is 24.4 Å². The number of hydrogen-bond acceptors (Lipinski definition) is 16. The van der Waals surface area contributed by atoms with Crippen LogP contribution in [0.25, 0.3) is 0 Å². The van der Waals surface area contributed by atoms with Crippen molar-refractivity contribution < 1.29 is 77.7 Å². The van der Waals surface area contributed by atoms with Crippen molar-refractivity contribution in [3.8, 4) is 0 Å². The largest absolute Gasteiger partial charge is 0.387 e. The summed E-state index contributed by atoms with van der Waals surface area (Å²) in [5, 5.41) is 38.9. The fourth-order valence-electron chi connectivity index (χ4n) is 4.12. The van der Waals surface area contributed by atoms with Crippen LogP contribution in [-0.4, -0.2) is 92.6 Å². The lowest BCUT2D eigenvalue weighted by molar-refractivity contribution is -0.166. The van der Waals surface area contributed by atoms with Crippen molar-refractivity contribution in [3.63, 3.8) is 0 Å². The maximum absolute atomic E-state index is 11.8. The highest BCUT2D eigenvalue weighted by Gasteiger charge is 2.37. The van der Waals surface area contributed by atoms with Crippen LogP contribution in [0.1, 0.15) is 63.7 Å². The average Bonchev–Trinajstić information content (AvgIpc) is 3.17. The molecular formula is C40H36O16. The Bertz CT molecular complexity index is 1770. The Morgan fingerprint density at radius 1 is 0.321 bits per heavy atom. The number of hydrogen-bond donors (Lipinski definition) is 4. The van der Waals surface area contributed by atoms with Crippen LogP contribution in [0.2, 0.25) is 0 Å². The molecule has 0 heterocycles. The Labute approximate surface area is 318 Å². The lowest BCUT2D eigenvalue weighted by Gasteiger charge is -2.14. The zero-order valence-electron chi connectivity index (χ0n) is 30.2. The minimum Gasteiger partial charge on any atom is -0.387 e. The molecule has 4 aromatic carbocycles. The summed E-state index contributed by atoms with van der Waals surface area (Å²) in [4.78, 5) is 94.5. The Morgan fingerprint density at radius 3 is 0.607 bits per heavy atom. The number of aliphatic hydroxyl groups is 4. The van der Waals surface area contributed by atoms with E-state index in [1.165, 1.54) is 48.5 Å². The standard InChI is InChI=1S/2C20H18O8/c2*1-11-3-7-13(8-4-11)17(23)27-19(25)15(21)16(22)20(26)28-18(24)14-9-5-12(2)6-10-14/h2*3-10,15-16,21-22H,1-2H3/t2*15-,16-/m00/s1. The van der Waals surface area contributed by atoms with Gasteiger partial charge in [0.05, 0.1) is 22.3 Å². The Hall–Kier alpha value is -6.72. The van der Waals surface area contributed by atoms with Gasteiger partial charge in [0.2, 0.25) is 0 Å². The second-order valence-corrected chi connectivity index (χ2v) is 12.1. The Balaban J connectivity index is 0.000000300. The van der Waals surface area contributed by atoms with Crippen molar-refractivity contribution in [2.24, 2.45) is 0 Å². The minimum atomic E-state index is -2.41. The number of carbonyl (C=O) groups excluding carboxylic acids is 8. The van der Waals surface area contributed by atoms with Crippen molar-refractivity contribution in [1.29, 1.82) is 0 Å². The van der Waals surface area contributed by atoms with Crippen LogP contribution in [0.4, 0.5) is 0 Å². The zero-order chi connectivity index (χ0) is 41.7. The normalized spacial score (nSPS) is 12.6. The maximum atomic E-state index is 11.8. The molecule has 4 rings (SSSR count). The van der Waals surface area contributed by atoms with Gasteiger partial charge in [0.1, 0.15) is 0 Å². The second-order valence-electron chi connectivity index (χ2n) is 12.1. The Morgan fingerprint density at radius 2 is 0.464 bits per heavy atom. The van der Waals surface area contributed by atoms with Gasteiger partial charge in [-0.25, -0.2) is 38.4 Å². The van der Waals surface area contributed by atoms with E-state index in [1.54, 1.807) is 76.2 Å². The molecule has 0 aliphatic carbocycles. The minimum absolute atomic E-state index is 0.0396. The molecule has 0 aliphatic heterocycles. The van der Waals surface area contributed by atoms with Crippen LogP contribution < -0.4 is 0 Å². The van der Waals surface area contributed by atoms with Crippen molar-refractivity contribution >= 4 is 47.8 Å². The van der Waals surface area contributed by atoms with E-state index in [9.17, 15) is 58.8 Å². The SMILES string of the molecule is Cc1ccc(C(=O)OC(=O)[C@@H](O)[C@H](O)C(=O)OC(=O)c2ccc(C)cc2)cc1.Cc1ccc(C(=O)OC(=O)[C@@H](O)[C@H](O)C(=O)OC(=O)c2ccc(C)cc2)cc1. The van der Waals surface area contributed by atoms with Gasteiger partial charge in [0.25, 0.3) is 0 Å². The highest BCUT2D eigenvalue weighted by atomic mass is 16.6. The van der Waals surface area contributed by atoms with Gasteiger partial charge < -0.3 is 39.4 Å². The first kappa shape index (κ1) is 43.7. The summed E-state index contributed by atoms with van der Waals surface area (Å²) in [6.07, 6.45) is -9.64. The van der Waals surface area contributed by atoms with Gasteiger partial charge >= 0.3 is 47.8 Å². The number of benzene rings is 4. The number of aliphatic hydroxyl groups excluding tert-OH is 4. The molecule has 4 atom stereocenters. The molecule has 0 aromatic heterocycles. The quantitative estimate of drug-likeness (QED) is 0.102. The monoisotopic (exact) mass is 772 g/mol. The van der Waals surface area contributed by atoms with E-state index in [1.807, 2.05) is 0 Å². The first-order chi connectivity index (χ1) is 26.4. The first-order valence-corrected chi connectivity index (χ1v) is 16.4. The average molecular weight is 773 g/mol. The molecule has 0 amide bonds. The fourth-order valence-corrected chi connectivity index (χ4v) is 4.12. The van der Waals surface area contributed by atoms with Crippen LogP contribution in [0.3, 0.4) is 0 Å². The lowest BCUT2D eigenvalue weighted by Crippen LogP contribution is -2.43. The van der Waals surface area contributed by atoms with Crippen LogP contribution in [0.5, 0.6) is 0 Å². The topological polar surface area (TPSA) is 254 Å². The molecule has 0 bridgehead atoms. The third-order valence-electron chi connectivity index (χ3n) is 7.49. The molecule has 4 aromatic rings. The number of esters is 8. The van der Waals surface area contributed by atoms with E-state index in [0.717, 1.165) is 22.3 Å². The van der Waals surface area contributed by atoms with Crippen LogP contribution in [0.15, 0.2) is 97.1 Å². The van der Waals surface area contributed by atoms with Gasteiger partial charge in [-0.3, -0.25) is 0 Å². The summed E-state index contributed by atoms with van der Waals surface area (Å²) in [7, 11) is 0. The molecule has 16 heteroatoms. The lowest BCUT2D eigenvalue weighted by atomic mass is 10.1. The highest BCUT2D eigenvalue weighted by Crippen LogP contribution is 2.12. The van der Waals surface area contributed by atoms with Crippen LogP contribution in [0, 0.1) is 27.7 Å². The van der Waals surface area contributed by atoms with E-state index in [4.69, 9.17) is 0 Å². The molecule has 0 saturated heterocycles. The summed E-state index contributed by atoms with van der Waals surface area (Å²) < 4.78 is 17.7. The third kappa shape index (κ3) is 12.7. The fraction of sp³-hybridized carbons (Fsp3) is 0.200.